The van der Waals surface area contributed by atoms with E-state index in [2.05, 4.69) is 15.6 Å². The summed E-state index contributed by atoms with van der Waals surface area (Å²) in [4.78, 5) is 4.47. The monoisotopic (exact) mass is 339 g/mol. The zero-order valence-electron chi connectivity index (χ0n) is 14.3. The van der Waals surface area contributed by atoms with Gasteiger partial charge in [0.1, 0.15) is 11.6 Å². The van der Waals surface area contributed by atoms with E-state index >= 15 is 0 Å². The van der Waals surface area contributed by atoms with Crippen LogP contribution in [0.1, 0.15) is 31.7 Å². The Morgan fingerprint density at radius 3 is 2.83 bits per heavy atom. The van der Waals surface area contributed by atoms with Crippen LogP contribution in [0.15, 0.2) is 23.2 Å². The lowest BCUT2D eigenvalue weighted by molar-refractivity contribution is 0.123. The quantitative estimate of drug-likeness (QED) is 0.391. The Labute approximate surface area is 142 Å². The van der Waals surface area contributed by atoms with E-state index in [0.29, 0.717) is 31.0 Å². The first-order chi connectivity index (χ1) is 11.7. The fourth-order valence-electron chi connectivity index (χ4n) is 2.27. The summed E-state index contributed by atoms with van der Waals surface area (Å²) >= 11 is 0. The Morgan fingerprint density at radius 1 is 1.29 bits per heavy atom. The topological polar surface area (TPSA) is 45.7 Å². The second-order valence-corrected chi connectivity index (χ2v) is 6.05. The Morgan fingerprint density at radius 2 is 2.12 bits per heavy atom. The molecule has 2 rings (SSSR count). The van der Waals surface area contributed by atoms with Gasteiger partial charge in [-0.25, -0.2) is 8.78 Å². The molecule has 1 saturated carbocycles. The highest BCUT2D eigenvalue weighted by molar-refractivity contribution is 5.79. The molecule has 0 spiro atoms. The number of ether oxygens (including phenoxy) is 1. The van der Waals surface area contributed by atoms with Crippen molar-refractivity contribution in [2.75, 3.05) is 32.8 Å². The summed E-state index contributed by atoms with van der Waals surface area (Å²) in [6.07, 6.45) is 3.97. The van der Waals surface area contributed by atoms with Crippen LogP contribution >= 0.6 is 0 Å². The average molecular weight is 339 g/mol. The van der Waals surface area contributed by atoms with Crippen molar-refractivity contribution in [3.05, 3.63) is 35.4 Å². The first kappa shape index (κ1) is 18.6. The molecular weight excluding hydrogens is 312 g/mol. The Bertz CT molecular complexity index is 533. The van der Waals surface area contributed by atoms with Gasteiger partial charge in [-0.3, -0.25) is 4.99 Å². The van der Waals surface area contributed by atoms with E-state index in [-0.39, 0.29) is 0 Å². The summed E-state index contributed by atoms with van der Waals surface area (Å²) < 4.78 is 32.0. The zero-order valence-corrected chi connectivity index (χ0v) is 14.3. The Kier molecular flexibility index (Phi) is 7.95. The minimum Gasteiger partial charge on any atom is -0.381 e. The first-order valence-corrected chi connectivity index (χ1v) is 8.73. The molecule has 2 N–H and O–H groups in total. The molecule has 0 unspecified atom stereocenters. The van der Waals surface area contributed by atoms with Crippen molar-refractivity contribution in [3.63, 3.8) is 0 Å². The number of hydrogen-bond acceptors (Lipinski definition) is 2. The maximum absolute atomic E-state index is 13.6. The van der Waals surface area contributed by atoms with Crippen LogP contribution in [0.2, 0.25) is 0 Å². The lowest BCUT2D eigenvalue weighted by atomic mass is 10.1. The maximum atomic E-state index is 13.6. The van der Waals surface area contributed by atoms with Crippen LogP contribution in [0.5, 0.6) is 0 Å². The number of benzene rings is 1. The summed E-state index contributed by atoms with van der Waals surface area (Å²) in [6, 6.07) is 3.67. The fourth-order valence-corrected chi connectivity index (χ4v) is 2.27. The minimum atomic E-state index is -0.553. The number of nitrogens with zero attached hydrogens (tertiary/aromatic N) is 1. The van der Waals surface area contributed by atoms with E-state index in [1.807, 2.05) is 6.92 Å². The van der Waals surface area contributed by atoms with Crippen molar-refractivity contribution in [2.24, 2.45) is 10.9 Å². The van der Waals surface area contributed by atoms with E-state index in [9.17, 15) is 8.78 Å². The van der Waals surface area contributed by atoms with Crippen LogP contribution in [0, 0.1) is 17.6 Å². The molecule has 0 bridgehead atoms. The molecule has 0 heterocycles. The molecule has 1 aliphatic carbocycles. The van der Waals surface area contributed by atoms with Crippen molar-refractivity contribution >= 4 is 5.96 Å². The van der Waals surface area contributed by atoms with Crippen LogP contribution in [0.4, 0.5) is 8.78 Å². The van der Waals surface area contributed by atoms with E-state index in [4.69, 9.17) is 4.74 Å². The smallest absolute Gasteiger partial charge is 0.191 e. The Hall–Kier alpha value is -1.69. The predicted octanol–water partition coefficient (Wildman–Crippen LogP) is 2.88. The molecule has 134 valence electrons. The third-order valence-electron chi connectivity index (χ3n) is 3.81. The SMILES string of the molecule is CCNC(=NCCCOCC1CC1)NCCc1ccc(F)cc1F. The van der Waals surface area contributed by atoms with Crippen molar-refractivity contribution in [1.82, 2.24) is 10.6 Å². The number of halogens is 2. The van der Waals surface area contributed by atoms with Gasteiger partial charge in [0, 0.05) is 38.9 Å². The van der Waals surface area contributed by atoms with Crippen LogP contribution in [-0.4, -0.2) is 38.8 Å². The molecule has 0 aliphatic heterocycles. The van der Waals surface area contributed by atoms with Gasteiger partial charge in [0.15, 0.2) is 5.96 Å². The van der Waals surface area contributed by atoms with Crippen molar-refractivity contribution in [2.45, 2.75) is 32.6 Å². The van der Waals surface area contributed by atoms with E-state index < -0.39 is 11.6 Å². The average Bonchev–Trinajstić information content (AvgIpc) is 3.37. The van der Waals surface area contributed by atoms with Crippen LogP contribution in [0.3, 0.4) is 0 Å². The molecule has 0 amide bonds. The normalized spacial score (nSPS) is 14.7. The Balaban J connectivity index is 1.66. The second kappa shape index (κ2) is 10.2. The van der Waals surface area contributed by atoms with Gasteiger partial charge in [-0.15, -0.1) is 0 Å². The second-order valence-electron chi connectivity index (χ2n) is 6.05. The zero-order chi connectivity index (χ0) is 17.2. The van der Waals surface area contributed by atoms with Gasteiger partial charge >= 0.3 is 0 Å². The van der Waals surface area contributed by atoms with E-state index in [1.54, 1.807) is 0 Å². The fraction of sp³-hybridized carbons (Fsp3) is 0.611. The molecule has 1 aromatic rings. The number of rotatable bonds is 10. The van der Waals surface area contributed by atoms with Crippen molar-refractivity contribution in [1.29, 1.82) is 0 Å². The molecule has 0 saturated heterocycles. The number of guanidine groups is 1. The highest BCUT2D eigenvalue weighted by Crippen LogP contribution is 2.28. The third kappa shape index (κ3) is 7.25. The number of nitrogens with one attached hydrogen (secondary N) is 2. The molecule has 0 aromatic heterocycles. The predicted molar refractivity (Wildman–Crippen MR) is 92.2 cm³/mol. The standard InChI is InChI=1S/C18H27F2N3O/c1-2-21-18(22-9-3-11-24-13-14-4-5-14)23-10-8-15-6-7-16(19)12-17(15)20/h6-7,12,14H,2-5,8-11,13H2,1H3,(H2,21,22,23). The number of aliphatic imine (C=N–C) groups is 1. The largest absolute Gasteiger partial charge is 0.381 e. The highest BCUT2D eigenvalue weighted by Gasteiger charge is 2.20. The first-order valence-electron chi connectivity index (χ1n) is 8.73. The van der Waals surface area contributed by atoms with Gasteiger partial charge in [0.25, 0.3) is 0 Å². The molecule has 1 fully saturated rings. The summed E-state index contributed by atoms with van der Waals surface area (Å²) in [6.45, 7) is 5.59. The summed E-state index contributed by atoms with van der Waals surface area (Å²) in [7, 11) is 0. The van der Waals surface area contributed by atoms with Crippen LogP contribution < -0.4 is 10.6 Å². The van der Waals surface area contributed by atoms with E-state index in [0.717, 1.165) is 38.2 Å². The van der Waals surface area contributed by atoms with Gasteiger partial charge in [-0.05, 0) is 50.2 Å². The lowest BCUT2D eigenvalue weighted by Crippen LogP contribution is -2.38. The highest BCUT2D eigenvalue weighted by atomic mass is 19.1. The van der Waals surface area contributed by atoms with Gasteiger partial charge < -0.3 is 15.4 Å². The summed E-state index contributed by atoms with van der Waals surface area (Å²) in [5.74, 6) is 0.441. The van der Waals surface area contributed by atoms with Gasteiger partial charge in [0.2, 0.25) is 0 Å². The van der Waals surface area contributed by atoms with Crippen molar-refractivity contribution in [3.8, 4) is 0 Å². The molecule has 6 heteroatoms. The molecule has 0 radical (unpaired) electrons. The molecule has 1 aliphatic rings. The van der Waals surface area contributed by atoms with Crippen molar-refractivity contribution < 1.29 is 13.5 Å². The third-order valence-corrected chi connectivity index (χ3v) is 3.81. The van der Waals surface area contributed by atoms with Gasteiger partial charge in [0.05, 0.1) is 0 Å². The van der Waals surface area contributed by atoms with Gasteiger partial charge in [-0.1, -0.05) is 6.07 Å². The van der Waals surface area contributed by atoms with E-state index in [1.165, 1.54) is 25.0 Å². The maximum Gasteiger partial charge on any atom is 0.191 e. The molecule has 4 nitrogen and oxygen atoms in total. The molecule has 0 atom stereocenters. The van der Waals surface area contributed by atoms with Crippen LogP contribution in [0.25, 0.3) is 0 Å². The van der Waals surface area contributed by atoms with Crippen LogP contribution in [-0.2, 0) is 11.2 Å². The summed E-state index contributed by atoms with van der Waals surface area (Å²) in [5, 5.41) is 6.32. The number of hydrogen-bond donors (Lipinski definition) is 2. The molecular formula is C18H27F2N3O. The molecule has 24 heavy (non-hydrogen) atoms. The minimum absolute atomic E-state index is 0.473. The molecule has 1 aromatic carbocycles. The summed E-state index contributed by atoms with van der Waals surface area (Å²) in [5.41, 5.74) is 0.494. The lowest BCUT2D eigenvalue weighted by Gasteiger charge is -2.11. The van der Waals surface area contributed by atoms with Gasteiger partial charge in [-0.2, -0.15) is 0 Å².